The lowest BCUT2D eigenvalue weighted by atomic mass is 9.79. The average molecular weight is 724 g/mol. The molecule has 0 aromatic carbocycles. The minimum absolute atomic E-state index is 0.0194. The van der Waals surface area contributed by atoms with Gasteiger partial charge in [-0.1, -0.05) is 144 Å². The Morgan fingerprint density at radius 2 is 1.10 bits per heavy atom. The van der Waals surface area contributed by atoms with Crippen molar-refractivity contribution in [2.24, 2.45) is 22.7 Å². The molecule has 1 N–H and O–H groups in total. The van der Waals surface area contributed by atoms with Crippen LogP contribution in [0.25, 0.3) is 0 Å². The van der Waals surface area contributed by atoms with Gasteiger partial charge in [-0.05, 0) is 84.6 Å². The number of aliphatic hydroxyl groups is 1. The first-order valence-electron chi connectivity index (χ1n) is 21.9. The molecule has 0 aromatic rings. The molecule has 0 heterocycles. The lowest BCUT2D eigenvalue weighted by Gasteiger charge is -2.37. The summed E-state index contributed by atoms with van der Waals surface area (Å²) in [5.41, 5.74) is -0.800. The van der Waals surface area contributed by atoms with Crippen molar-refractivity contribution in [3.05, 3.63) is 0 Å². The van der Waals surface area contributed by atoms with E-state index in [1.807, 2.05) is 20.8 Å². The van der Waals surface area contributed by atoms with Crippen LogP contribution in [-0.4, -0.2) is 60.9 Å². The maximum absolute atomic E-state index is 13.6. The fourth-order valence-corrected chi connectivity index (χ4v) is 6.98. The molecule has 6 heteroatoms. The van der Waals surface area contributed by atoms with E-state index in [4.69, 9.17) is 9.47 Å². The van der Waals surface area contributed by atoms with Gasteiger partial charge in [0.2, 0.25) is 0 Å². The van der Waals surface area contributed by atoms with Crippen LogP contribution < -0.4 is 0 Å². The van der Waals surface area contributed by atoms with E-state index in [2.05, 4.69) is 53.5 Å². The fourth-order valence-electron chi connectivity index (χ4n) is 6.98. The number of rotatable bonds is 35. The normalized spacial score (nSPS) is 14.7. The minimum Gasteiger partial charge on any atom is -0.465 e. The second kappa shape index (κ2) is 30.2. The first-order valence-corrected chi connectivity index (χ1v) is 21.9. The van der Waals surface area contributed by atoms with Crippen LogP contribution in [0.4, 0.5) is 0 Å². The molecule has 0 aliphatic rings. The van der Waals surface area contributed by atoms with Crippen LogP contribution in [-0.2, 0) is 19.1 Å². The Labute approximate surface area is 318 Å². The fraction of sp³-hybridized carbons (Fsp3) is 0.956. The van der Waals surface area contributed by atoms with Gasteiger partial charge >= 0.3 is 11.9 Å². The van der Waals surface area contributed by atoms with E-state index < -0.39 is 11.5 Å². The van der Waals surface area contributed by atoms with Gasteiger partial charge < -0.3 is 19.5 Å². The highest BCUT2D eigenvalue weighted by molar-refractivity contribution is 5.76. The molecular formula is C45H89NO5. The number of carbonyl (C=O) groups excluding carboxylic acids is 2. The molecule has 0 aliphatic carbocycles. The van der Waals surface area contributed by atoms with Gasteiger partial charge in [0, 0.05) is 24.9 Å². The molecule has 0 amide bonds. The molecule has 0 saturated carbocycles. The lowest BCUT2D eigenvalue weighted by Crippen LogP contribution is -2.44. The van der Waals surface area contributed by atoms with Crippen LogP contribution >= 0.6 is 0 Å². The Morgan fingerprint density at radius 3 is 1.63 bits per heavy atom. The lowest BCUT2D eigenvalue weighted by molar-refractivity contribution is -0.164. The second-order valence-electron chi connectivity index (χ2n) is 17.6. The van der Waals surface area contributed by atoms with Gasteiger partial charge in [-0.3, -0.25) is 9.59 Å². The van der Waals surface area contributed by atoms with Crippen molar-refractivity contribution in [1.82, 2.24) is 4.90 Å². The van der Waals surface area contributed by atoms with Crippen LogP contribution in [0.2, 0.25) is 0 Å². The van der Waals surface area contributed by atoms with E-state index in [1.165, 1.54) is 89.9 Å². The number of unbranched alkanes of at least 4 members (excludes halogenated alkanes) is 15. The van der Waals surface area contributed by atoms with Gasteiger partial charge in [-0.25, -0.2) is 0 Å². The maximum Gasteiger partial charge on any atom is 0.312 e. The van der Waals surface area contributed by atoms with Crippen molar-refractivity contribution in [3.63, 3.8) is 0 Å². The molecule has 0 saturated heterocycles. The van der Waals surface area contributed by atoms with Crippen molar-refractivity contribution in [3.8, 4) is 0 Å². The molecule has 304 valence electrons. The highest BCUT2D eigenvalue weighted by Crippen LogP contribution is 2.32. The second-order valence-corrected chi connectivity index (χ2v) is 17.6. The largest absolute Gasteiger partial charge is 0.465 e. The zero-order chi connectivity index (χ0) is 38.5. The summed E-state index contributed by atoms with van der Waals surface area (Å²) < 4.78 is 12.0. The summed E-state index contributed by atoms with van der Waals surface area (Å²) in [5.74, 6) is 0.544. The number of ether oxygens (including phenoxy) is 2. The van der Waals surface area contributed by atoms with Crippen molar-refractivity contribution in [2.45, 2.75) is 229 Å². The minimum atomic E-state index is -0.589. The van der Waals surface area contributed by atoms with Crippen molar-refractivity contribution in [1.29, 1.82) is 0 Å². The van der Waals surface area contributed by atoms with Crippen LogP contribution in [0.1, 0.15) is 216 Å². The summed E-state index contributed by atoms with van der Waals surface area (Å²) >= 11 is 0. The molecule has 0 rings (SSSR count). The molecule has 0 aromatic heterocycles. The van der Waals surface area contributed by atoms with Gasteiger partial charge in [0.25, 0.3) is 0 Å². The number of nitrogens with zero attached hydrogens (tertiary/aromatic N) is 1. The predicted octanol–water partition coefficient (Wildman–Crippen LogP) is 12.5. The van der Waals surface area contributed by atoms with E-state index in [1.54, 1.807) is 0 Å². The smallest absolute Gasteiger partial charge is 0.312 e. The maximum atomic E-state index is 13.6. The summed E-state index contributed by atoms with van der Waals surface area (Å²) in [6, 6.07) is 0. The number of hydrogen-bond donors (Lipinski definition) is 1. The molecule has 0 fully saturated rings. The highest BCUT2D eigenvalue weighted by atomic mass is 16.5. The number of carbonyl (C=O) groups is 2. The van der Waals surface area contributed by atoms with Crippen molar-refractivity contribution < 1.29 is 24.2 Å². The summed E-state index contributed by atoms with van der Waals surface area (Å²) in [6.45, 7) is 21.1. The standard InChI is InChI=1S/C45H89NO5/c1-11-14-17-19-20-23-27-32-41(51-43(49)45(8,9)38(4)35-46(10)37-44(6,7)39(5)47)33-28-24-21-22-25-29-34-42(48)50-36-40(30-16-13-3)31-26-18-15-12-2/h38-41,47H,11-37H2,1-10H3. The SMILES string of the molecule is CCCCCCCCCC(CCCCCCCCC(=O)OCC(CCCC)CCCCCC)OC(=O)C(C)(C)C(C)CN(C)CC(C)(C)C(C)O. The summed E-state index contributed by atoms with van der Waals surface area (Å²) in [5, 5.41) is 10.2. The first-order chi connectivity index (χ1) is 24.2. The molecule has 0 spiro atoms. The average Bonchev–Trinajstić information content (AvgIpc) is 3.07. The van der Waals surface area contributed by atoms with Crippen molar-refractivity contribution >= 4 is 11.9 Å². The first kappa shape index (κ1) is 49.9. The number of esters is 2. The third kappa shape index (κ3) is 25.5. The van der Waals surface area contributed by atoms with Gasteiger partial charge in [0.15, 0.2) is 0 Å². The molecular weight excluding hydrogens is 634 g/mol. The molecule has 0 radical (unpaired) electrons. The van der Waals surface area contributed by atoms with Crippen LogP contribution in [0.15, 0.2) is 0 Å². The van der Waals surface area contributed by atoms with Crippen LogP contribution in [0, 0.1) is 22.7 Å². The van der Waals surface area contributed by atoms with Crippen LogP contribution in [0.3, 0.4) is 0 Å². The molecule has 4 unspecified atom stereocenters. The number of aliphatic hydroxyl groups excluding tert-OH is 1. The molecule has 0 bridgehead atoms. The summed E-state index contributed by atoms with van der Waals surface area (Å²) in [7, 11) is 2.08. The van der Waals surface area contributed by atoms with Gasteiger partial charge in [0.05, 0.1) is 18.1 Å². The van der Waals surface area contributed by atoms with E-state index >= 15 is 0 Å². The summed E-state index contributed by atoms with van der Waals surface area (Å²) in [4.78, 5) is 28.3. The van der Waals surface area contributed by atoms with Gasteiger partial charge in [-0.15, -0.1) is 0 Å². The van der Waals surface area contributed by atoms with E-state index in [9.17, 15) is 14.7 Å². The zero-order valence-electron chi connectivity index (χ0n) is 35.9. The Kier molecular flexibility index (Phi) is 29.5. The molecule has 6 nitrogen and oxygen atoms in total. The highest BCUT2D eigenvalue weighted by Gasteiger charge is 2.38. The van der Waals surface area contributed by atoms with Gasteiger partial charge in [-0.2, -0.15) is 0 Å². The predicted molar refractivity (Wildman–Crippen MR) is 218 cm³/mol. The number of hydrogen-bond acceptors (Lipinski definition) is 6. The third-order valence-corrected chi connectivity index (χ3v) is 11.6. The quantitative estimate of drug-likeness (QED) is 0.0518. The zero-order valence-corrected chi connectivity index (χ0v) is 35.9. The molecule has 0 aliphatic heterocycles. The molecule has 51 heavy (non-hydrogen) atoms. The van der Waals surface area contributed by atoms with Gasteiger partial charge in [0.1, 0.15) is 6.10 Å². The van der Waals surface area contributed by atoms with E-state index in [-0.39, 0.29) is 29.4 Å². The monoisotopic (exact) mass is 724 g/mol. The van der Waals surface area contributed by atoms with Crippen LogP contribution in [0.5, 0.6) is 0 Å². The van der Waals surface area contributed by atoms with E-state index in [0.717, 1.165) is 70.9 Å². The Hall–Kier alpha value is -1.14. The Morgan fingerprint density at radius 1 is 0.647 bits per heavy atom. The summed E-state index contributed by atoms with van der Waals surface area (Å²) in [6.07, 6.45) is 27.2. The van der Waals surface area contributed by atoms with E-state index in [0.29, 0.717) is 18.9 Å². The molecule has 4 atom stereocenters. The topological polar surface area (TPSA) is 76.1 Å². The Bertz CT molecular complexity index is 840. The third-order valence-electron chi connectivity index (χ3n) is 11.6. The van der Waals surface area contributed by atoms with Crippen molar-refractivity contribution in [2.75, 3.05) is 26.7 Å². The Balaban J connectivity index is 4.73.